The van der Waals surface area contributed by atoms with Crippen molar-refractivity contribution in [2.75, 3.05) is 5.73 Å². The van der Waals surface area contributed by atoms with Gasteiger partial charge in [0.1, 0.15) is 5.82 Å². The Labute approximate surface area is 88.1 Å². The fourth-order valence-corrected chi connectivity index (χ4v) is 1.74. The number of nitrogens with two attached hydrogens (primary N) is 1. The lowest BCUT2D eigenvalue weighted by Gasteiger charge is -2.32. The zero-order valence-electron chi connectivity index (χ0n) is 8.60. The smallest absolute Gasteiger partial charge is 0.272 e. The van der Waals surface area contributed by atoms with Gasteiger partial charge in [0.2, 0.25) is 0 Å². The van der Waals surface area contributed by atoms with E-state index in [4.69, 9.17) is 5.73 Å². The molecule has 0 bridgehead atoms. The van der Waals surface area contributed by atoms with E-state index in [1.54, 1.807) is 12.1 Å². The fourth-order valence-electron chi connectivity index (χ4n) is 1.74. The number of amides is 1. The van der Waals surface area contributed by atoms with Gasteiger partial charge in [-0.3, -0.25) is 4.79 Å². The van der Waals surface area contributed by atoms with Gasteiger partial charge in [-0.2, -0.15) is 0 Å². The number of carbonyl (C=O) groups is 1. The van der Waals surface area contributed by atoms with Crippen molar-refractivity contribution in [3.8, 4) is 0 Å². The van der Waals surface area contributed by atoms with Gasteiger partial charge in [0.05, 0.1) is 0 Å². The minimum Gasteiger partial charge on any atom is -0.382 e. The van der Waals surface area contributed by atoms with E-state index in [-0.39, 0.29) is 5.91 Å². The number of nitrogens with zero attached hydrogens (tertiary/aromatic N) is 2. The molecule has 1 fully saturated rings. The lowest BCUT2D eigenvalue weighted by atomic mass is 9.82. The Morgan fingerprint density at radius 3 is 2.73 bits per heavy atom. The van der Waals surface area contributed by atoms with E-state index in [0.29, 0.717) is 23.5 Å². The highest BCUT2D eigenvalue weighted by atomic mass is 16.2. The van der Waals surface area contributed by atoms with Crippen molar-refractivity contribution in [1.82, 2.24) is 15.5 Å². The van der Waals surface area contributed by atoms with Crippen LogP contribution in [0.15, 0.2) is 12.1 Å². The van der Waals surface area contributed by atoms with E-state index < -0.39 is 0 Å². The predicted molar refractivity (Wildman–Crippen MR) is 56.1 cm³/mol. The van der Waals surface area contributed by atoms with Crippen LogP contribution in [0.1, 0.15) is 30.3 Å². The molecular formula is C10H14N4O. The molecule has 0 aromatic carbocycles. The highest BCUT2D eigenvalue weighted by Crippen LogP contribution is 2.26. The summed E-state index contributed by atoms with van der Waals surface area (Å²) >= 11 is 0. The molecule has 0 radical (unpaired) electrons. The first-order chi connectivity index (χ1) is 7.15. The van der Waals surface area contributed by atoms with Crippen molar-refractivity contribution in [1.29, 1.82) is 0 Å². The second-order valence-electron chi connectivity index (χ2n) is 4.09. The highest BCUT2D eigenvalue weighted by Gasteiger charge is 2.27. The second-order valence-corrected chi connectivity index (χ2v) is 4.09. The Balaban J connectivity index is 1.93. The SMILES string of the molecule is CC1CC(NC(=O)c2ccc(N)nn2)C1. The Morgan fingerprint density at radius 1 is 1.47 bits per heavy atom. The minimum absolute atomic E-state index is 0.167. The van der Waals surface area contributed by atoms with Gasteiger partial charge in [0.15, 0.2) is 5.69 Å². The number of rotatable bonds is 2. The molecule has 1 aromatic rings. The molecule has 1 aliphatic carbocycles. The van der Waals surface area contributed by atoms with Gasteiger partial charge < -0.3 is 11.1 Å². The van der Waals surface area contributed by atoms with Crippen LogP contribution in [0.4, 0.5) is 5.82 Å². The average Bonchev–Trinajstić information content (AvgIpc) is 2.16. The van der Waals surface area contributed by atoms with Crippen LogP contribution in [-0.2, 0) is 0 Å². The number of carbonyl (C=O) groups excluding carboxylic acids is 1. The largest absolute Gasteiger partial charge is 0.382 e. The molecule has 0 unspecified atom stereocenters. The molecule has 2 rings (SSSR count). The molecule has 1 amide bonds. The maximum absolute atomic E-state index is 11.6. The number of nitrogens with one attached hydrogen (secondary N) is 1. The van der Waals surface area contributed by atoms with Gasteiger partial charge in [-0.25, -0.2) is 0 Å². The predicted octanol–water partition coefficient (Wildman–Crippen LogP) is 0.587. The minimum atomic E-state index is -0.167. The van der Waals surface area contributed by atoms with Gasteiger partial charge in [-0.15, -0.1) is 10.2 Å². The normalized spacial score (nSPS) is 24.3. The Morgan fingerprint density at radius 2 is 2.20 bits per heavy atom. The summed E-state index contributed by atoms with van der Waals surface area (Å²) in [6.45, 7) is 2.17. The van der Waals surface area contributed by atoms with Crippen molar-refractivity contribution in [2.24, 2.45) is 5.92 Å². The topological polar surface area (TPSA) is 80.9 Å². The Kier molecular flexibility index (Phi) is 2.53. The van der Waals surface area contributed by atoms with Crippen molar-refractivity contribution < 1.29 is 4.79 Å². The summed E-state index contributed by atoms with van der Waals surface area (Å²) in [7, 11) is 0. The van der Waals surface area contributed by atoms with E-state index in [2.05, 4.69) is 22.4 Å². The zero-order valence-corrected chi connectivity index (χ0v) is 8.60. The summed E-state index contributed by atoms with van der Waals surface area (Å²) < 4.78 is 0. The van der Waals surface area contributed by atoms with Crippen LogP contribution in [0.3, 0.4) is 0 Å². The number of nitrogen functional groups attached to an aromatic ring is 1. The van der Waals surface area contributed by atoms with Gasteiger partial charge in [-0.1, -0.05) is 6.92 Å². The highest BCUT2D eigenvalue weighted by molar-refractivity contribution is 5.92. The molecule has 80 valence electrons. The van der Waals surface area contributed by atoms with Gasteiger partial charge >= 0.3 is 0 Å². The van der Waals surface area contributed by atoms with Crippen molar-refractivity contribution in [3.63, 3.8) is 0 Å². The molecule has 1 aromatic heterocycles. The van der Waals surface area contributed by atoms with Crippen LogP contribution in [0.25, 0.3) is 0 Å². The van der Waals surface area contributed by atoms with Crippen LogP contribution in [0.5, 0.6) is 0 Å². The average molecular weight is 206 g/mol. The van der Waals surface area contributed by atoms with Gasteiger partial charge in [-0.05, 0) is 30.9 Å². The van der Waals surface area contributed by atoms with Crippen LogP contribution >= 0.6 is 0 Å². The number of hydrogen-bond donors (Lipinski definition) is 2. The molecule has 0 spiro atoms. The maximum atomic E-state index is 11.6. The van der Waals surface area contributed by atoms with Crippen molar-refractivity contribution in [3.05, 3.63) is 17.8 Å². The lowest BCUT2D eigenvalue weighted by Crippen LogP contribution is -2.43. The van der Waals surface area contributed by atoms with E-state index in [0.717, 1.165) is 12.8 Å². The monoisotopic (exact) mass is 206 g/mol. The second kappa shape index (κ2) is 3.84. The van der Waals surface area contributed by atoms with Crippen LogP contribution in [-0.4, -0.2) is 22.1 Å². The standard InChI is InChI=1S/C10H14N4O/c1-6-4-7(5-6)12-10(15)8-2-3-9(11)14-13-8/h2-3,6-7H,4-5H2,1H3,(H2,11,14)(H,12,15). The molecule has 1 aliphatic rings. The van der Waals surface area contributed by atoms with Crippen LogP contribution in [0, 0.1) is 5.92 Å². The number of aromatic nitrogens is 2. The molecule has 15 heavy (non-hydrogen) atoms. The zero-order chi connectivity index (χ0) is 10.8. The Hall–Kier alpha value is -1.65. The molecule has 5 nitrogen and oxygen atoms in total. The molecule has 0 aliphatic heterocycles. The molecular weight excluding hydrogens is 192 g/mol. The third-order valence-corrected chi connectivity index (χ3v) is 2.63. The van der Waals surface area contributed by atoms with Crippen LogP contribution < -0.4 is 11.1 Å². The first-order valence-corrected chi connectivity index (χ1v) is 5.05. The summed E-state index contributed by atoms with van der Waals surface area (Å²) in [5, 5.41) is 10.3. The van der Waals surface area contributed by atoms with Crippen LogP contribution in [0.2, 0.25) is 0 Å². The number of hydrogen-bond acceptors (Lipinski definition) is 4. The summed E-state index contributed by atoms with van der Waals surface area (Å²) in [6.07, 6.45) is 2.10. The summed E-state index contributed by atoms with van der Waals surface area (Å²) in [5.41, 5.74) is 5.70. The van der Waals surface area contributed by atoms with E-state index >= 15 is 0 Å². The van der Waals surface area contributed by atoms with Crippen molar-refractivity contribution >= 4 is 11.7 Å². The molecule has 1 heterocycles. The quantitative estimate of drug-likeness (QED) is 0.742. The molecule has 0 atom stereocenters. The summed E-state index contributed by atoms with van der Waals surface area (Å²) in [5.74, 6) is 0.871. The summed E-state index contributed by atoms with van der Waals surface area (Å²) in [4.78, 5) is 11.6. The maximum Gasteiger partial charge on any atom is 0.272 e. The summed E-state index contributed by atoms with van der Waals surface area (Å²) in [6, 6.07) is 3.46. The first-order valence-electron chi connectivity index (χ1n) is 5.05. The lowest BCUT2D eigenvalue weighted by molar-refractivity contribution is 0.0890. The molecule has 5 heteroatoms. The molecule has 0 saturated heterocycles. The fraction of sp³-hybridized carbons (Fsp3) is 0.500. The van der Waals surface area contributed by atoms with E-state index in [9.17, 15) is 4.79 Å². The van der Waals surface area contributed by atoms with Gasteiger partial charge in [0.25, 0.3) is 5.91 Å². The number of anilines is 1. The molecule has 1 saturated carbocycles. The van der Waals surface area contributed by atoms with Crippen molar-refractivity contribution in [2.45, 2.75) is 25.8 Å². The Bertz CT molecular complexity index is 356. The third kappa shape index (κ3) is 2.23. The van der Waals surface area contributed by atoms with Gasteiger partial charge in [0, 0.05) is 6.04 Å². The van der Waals surface area contributed by atoms with E-state index in [1.807, 2.05) is 0 Å². The first kappa shape index (κ1) is 9.89. The molecule has 3 N–H and O–H groups in total. The third-order valence-electron chi connectivity index (χ3n) is 2.63. The van der Waals surface area contributed by atoms with E-state index in [1.165, 1.54) is 0 Å².